The molecule has 0 bridgehead atoms. The van der Waals surface area contributed by atoms with Gasteiger partial charge in [0, 0.05) is 18.7 Å². The molecule has 3 N–H and O–H groups in total. The second-order valence-corrected chi connectivity index (χ2v) is 3.63. The standard InChI is InChI=1S/C9H12N2O5/c12-4-6-5(13)3-8(16-6)11-2-1-7(14)10-9(11)15/h1-2,5-6,8,12-13H,3-4H2,(H,10,14,15)/t5-,6+,8-/m1/s1. The maximum atomic E-state index is 11.4. The number of aromatic nitrogens is 2. The Kier molecular flexibility index (Phi) is 2.90. The first kappa shape index (κ1) is 11.1. The van der Waals surface area contributed by atoms with E-state index in [-0.39, 0.29) is 13.0 Å². The van der Waals surface area contributed by atoms with Gasteiger partial charge in [0.25, 0.3) is 5.56 Å². The van der Waals surface area contributed by atoms with Crippen LogP contribution in [0.25, 0.3) is 0 Å². The lowest BCUT2D eigenvalue weighted by molar-refractivity contribution is -0.0459. The van der Waals surface area contributed by atoms with Crippen LogP contribution in [0.5, 0.6) is 0 Å². The van der Waals surface area contributed by atoms with Crippen molar-refractivity contribution in [2.45, 2.75) is 24.9 Å². The van der Waals surface area contributed by atoms with E-state index in [1.54, 1.807) is 0 Å². The molecule has 0 aliphatic carbocycles. The number of nitrogens with one attached hydrogen (secondary N) is 1. The lowest BCUT2D eigenvalue weighted by Gasteiger charge is -2.13. The molecule has 1 fully saturated rings. The van der Waals surface area contributed by atoms with Crippen LogP contribution >= 0.6 is 0 Å². The quantitative estimate of drug-likeness (QED) is 0.552. The van der Waals surface area contributed by atoms with Crippen LogP contribution in [0.3, 0.4) is 0 Å². The molecule has 7 nitrogen and oxygen atoms in total. The molecule has 1 saturated heterocycles. The van der Waals surface area contributed by atoms with E-state index in [4.69, 9.17) is 9.84 Å². The van der Waals surface area contributed by atoms with E-state index < -0.39 is 29.7 Å². The first-order chi connectivity index (χ1) is 7.61. The van der Waals surface area contributed by atoms with Crippen LogP contribution in [-0.4, -0.2) is 38.6 Å². The summed E-state index contributed by atoms with van der Waals surface area (Å²) in [6.07, 6.45) is -0.649. The summed E-state index contributed by atoms with van der Waals surface area (Å²) in [5.41, 5.74) is -1.08. The summed E-state index contributed by atoms with van der Waals surface area (Å²) in [6, 6.07) is 1.20. The molecule has 0 unspecified atom stereocenters. The predicted molar refractivity (Wildman–Crippen MR) is 52.9 cm³/mol. The summed E-state index contributed by atoms with van der Waals surface area (Å²) in [7, 11) is 0. The van der Waals surface area contributed by atoms with E-state index in [9.17, 15) is 14.7 Å². The van der Waals surface area contributed by atoms with E-state index in [0.29, 0.717) is 0 Å². The molecule has 2 heterocycles. The number of ether oxygens (including phenoxy) is 1. The number of H-pyrrole nitrogens is 1. The molecule has 7 heteroatoms. The van der Waals surface area contributed by atoms with Gasteiger partial charge in [0.2, 0.25) is 0 Å². The Labute approximate surface area is 89.9 Å². The van der Waals surface area contributed by atoms with Crippen molar-refractivity contribution in [3.8, 4) is 0 Å². The zero-order valence-corrected chi connectivity index (χ0v) is 8.37. The van der Waals surface area contributed by atoms with Gasteiger partial charge < -0.3 is 14.9 Å². The van der Waals surface area contributed by atoms with Crippen LogP contribution in [0.15, 0.2) is 21.9 Å². The Morgan fingerprint density at radius 1 is 1.56 bits per heavy atom. The largest absolute Gasteiger partial charge is 0.394 e. The fourth-order valence-electron chi connectivity index (χ4n) is 1.70. The van der Waals surface area contributed by atoms with E-state index >= 15 is 0 Å². The Morgan fingerprint density at radius 2 is 2.31 bits per heavy atom. The average Bonchev–Trinajstić information content (AvgIpc) is 2.59. The minimum absolute atomic E-state index is 0.206. The van der Waals surface area contributed by atoms with Gasteiger partial charge in [-0.2, -0.15) is 0 Å². The summed E-state index contributed by atoms with van der Waals surface area (Å²) in [5.74, 6) is 0. The van der Waals surface area contributed by atoms with Crippen LogP contribution in [0.1, 0.15) is 12.6 Å². The Balaban J connectivity index is 2.27. The summed E-state index contributed by atoms with van der Waals surface area (Å²) < 4.78 is 6.45. The molecule has 0 amide bonds. The molecule has 0 radical (unpaired) electrons. The Hall–Kier alpha value is -1.44. The highest BCUT2D eigenvalue weighted by molar-refractivity contribution is 4.88. The van der Waals surface area contributed by atoms with Gasteiger partial charge in [0.15, 0.2) is 0 Å². The van der Waals surface area contributed by atoms with Crippen molar-refractivity contribution in [3.63, 3.8) is 0 Å². The normalized spacial score (nSPS) is 29.5. The number of hydrogen-bond acceptors (Lipinski definition) is 5. The summed E-state index contributed by atoms with van der Waals surface area (Å²) in [5, 5.41) is 18.4. The number of aliphatic hydroxyl groups excluding tert-OH is 2. The molecular formula is C9H12N2O5. The number of rotatable bonds is 2. The van der Waals surface area contributed by atoms with Gasteiger partial charge in [-0.25, -0.2) is 4.79 Å². The molecule has 2 rings (SSSR count). The average molecular weight is 228 g/mol. The van der Waals surface area contributed by atoms with Gasteiger partial charge in [-0.1, -0.05) is 0 Å². The van der Waals surface area contributed by atoms with Crippen molar-refractivity contribution in [1.29, 1.82) is 0 Å². The summed E-state index contributed by atoms with van der Waals surface area (Å²) in [6.45, 7) is -0.310. The van der Waals surface area contributed by atoms with Crippen LogP contribution in [0.4, 0.5) is 0 Å². The second kappa shape index (κ2) is 4.20. The zero-order chi connectivity index (χ0) is 11.7. The Morgan fingerprint density at radius 3 is 2.88 bits per heavy atom. The van der Waals surface area contributed by atoms with Crippen LogP contribution < -0.4 is 11.2 Å². The molecule has 0 spiro atoms. The van der Waals surface area contributed by atoms with E-state index in [1.165, 1.54) is 16.8 Å². The first-order valence-corrected chi connectivity index (χ1v) is 4.87. The highest BCUT2D eigenvalue weighted by atomic mass is 16.5. The maximum absolute atomic E-state index is 11.4. The highest BCUT2D eigenvalue weighted by Gasteiger charge is 2.34. The first-order valence-electron chi connectivity index (χ1n) is 4.87. The minimum Gasteiger partial charge on any atom is -0.394 e. The molecule has 16 heavy (non-hydrogen) atoms. The zero-order valence-electron chi connectivity index (χ0n) is 8.37. The molecule has 1 aromatic rings. The number of aromatic amines is 1. The van der Waals surface area contributed by atoms with Gasteiger partial charge in [-0.3, -0.25) is 14.3 Å². The molecular weight excluding hydrogens is 216 g/mol. The predicted octanol–water partition coefficient (Wildman–Crippen LogP) is -1.82. The van der Waals surface area contributed by atoms with Gasteiger partial charge >= 0.3 is 5.69 Å². The number of hydrogen-bond donors (Lipinski definition) is 3. The lowest BCUT2D eigenvalue weighted by Crippen LogP contribution is -2.31. The molecule has 0 saturated carbocycles. The molecule has 1 aromatic heterocycles. The molecule has 3 atom stereocenters. The summed E-state index contributed by atoms with van der Waals surface area (Å²) in [4.78, 5) is 24.3. The van der Waals surface area contributed by atoms with Crippen molar-refractivity contribution in [2.75, 3.05) is 6.61 Å². The number of aliphatic hydroxyl groups is 2. The van der Waals surface area contributed by atoms with Crippen LogP contribution in [-0.2, 0) is 4.74 Å². The Bertz CT molecular complexity index is 479. The van der Waals surface area contributed by atoms with Gasteiger partial charge in [-0.15, -0.1) is 0 Å². The van der Waals surface area contributed by atoms with E-state index in [0.717, 1.165) is 0 Å². The molecule has 1 aliphatic rings. The van der Waals surface area contributed by atoms with Crippen molar-refractivity contribution in [3.05, 3.63) is 33.1 Å². The fraction of sp³-hybridized carbons (Fsp3) is 0.556. The molecule has 0 aromatic carbocycles. The van der Waals surface area contributed by atoms with Crippen LogP contribution in [0, 0.1) is 0 Å². The van der Waals surface area contributed by atoms with Crippen molar-refractivity contribution >= 4 is 0 Å². The monoisotopic (exact) mass is 228 g/mol. The highest BCUT2D eigenvalue weighted by Crippen LogP contribution is 2.26. The van der Waals surface area contributed by atoms with Crippen molar-refractivity contribution in [1.82, 2.24) is 9.55 Å². The second-order valence-electron chi connectivity index (χ2n) is 3.63. The van der Waals surface area contributed by atoms with E-state index in [1.807, 2.05) is 0 Å². The molecule has 1 aliphatic heterocycles. The SMILES string of the molecule is O=c1ccn([C@H]2C[C@@H](O)[C@H](CO)O2)c(=O)[nH]1. The lowest BCUT2D eigenvalue weighted by atomic mass is 10.2. The third-order valence-corrected chi connectivity index (χ3v) is 2.55. The maximum Gasteiger partial charge on any atom is 0.330 e. The fourth-order valence-corrected chi connectivity index (χ4v) is 1.70. The minimum atomic E-state index is -0.811. The summed E-state index contributed by atoms with van der Waals surface area (Å²) >= 11 is 0. The topological polar surface area (TPSA) is 105 Å². The van der Waals surface area contributed by atoms with E-state index in [2.05, 4.69) is 4.98 Å². The van der Waals surface area contributed by atoms with Gasteiger partial charge in [0.1, 0.15) is 12.3 Å². The third kappa shape index (κ3) is 1.92. The smallest absolute Gasteiger partial charge is 0.330 e. The molecule has 88 valence electrons. The van der Waals surface area contributed by atoms with Gasteiger partial charge in [-0.05, 0) is 0 Å². The van der Waals surface area contributed by atoms with Crippen molar-refractivity contribution < 1.29 is 14.9 Å². The third-order valence-electron chi connectivity index (χ3n) is 2.55. The number of nitrogens with zero attached hydrogens (tertiary/aromatic N) is 1. The van der Waals surface area contributed by atoms with Crippen LogP contribution in [0.2, 0.25) is 0 Å². The van der Waals surface area contributed by atoms with Gasteiger partial charge in [0.05, 0.1) is 12.7 Å². The van der Waals surface area contributed by atoms with Crippen molar-refractivity contribution in [2.24, 2.45) is 0 Å².